The number of rotatable bonds is 4. The molecular weight excluding hydrogens is 279 g/mol. The molecule has 1 N–H and O–H groups in total. The number of methoxy groups -OCH3 is 3. The van der Waals surface area contributed by atoms with Crippen LogP contribution in [0.25, 0.3) is 11.4 Å². The molecule has 0 aliphatic carbocycles. The number of aromatic nitrogens is 2. The zero-order chi connectivity index (χ0) is 15.6. The second-order valence-corrected chi connectivity index (χ2v) is 4.22. The van der Waals surface area contributed by atoms with Crippen LogP contribution in [-0.2, 0) is 0 Å². The van der Waals surface area contributed by atoms with Crippen molar-refractivity contribution in [2.75, 3.05) is 21.3 Å². The van der Waals surface area contributed by atoms with Crippen molar-refractivity contribution in [2.24, 2.45) is 0 Å². The van der Waals surface area contributed by atoms with E-state index in [1.165, 1.54) is 28.3 Å². The van der Waals surface area contributed by atoms with Gasteiger partial charge in [0.15, 0.2) is 11.5 Å². The van der Waals surface area contributed by atoms with Crippen LogP contribution in [0.2, 0.25) is 0 Å². The van der Waals surface area contributed by atoms with Crippen LogP contribution in [0, 0.1) is 12.7 Å². The van der Waals surface area contributed by atoms with Gasteiger partial charge in [-0.05, 0) is 13.0 Å². The summed E-state index contributed by atoms with van der Waals surface area (Å²) in [6.45, 7) is 1.42. The van der Waals surface area contributed by atoms with Crippen LogP contribution >= 0.6 is 0 Å². The van der Waals surface area contributed by atoms with E-state index >= 15 is 0 Å². The van der Waals surface area contributed by atoms with Crippen molar-refractivity contribution in [2.45, 2.75) is 6.92 Å². The molecule has 0 atom stereocenters. The van der Waals surface area contributed by atoms with Crippen LogP contribution in [0.1, 0.15) is 5.69 Å². The SMILES string of the molecule is COc1cc(OC)c(-c2nc(C)c(F)c(=O)[nH]2)cc1OC. The normalized spacial score (nSPS) is 10.3. The molecular formula is C14H15FN2O4. The number of aromatic amines is 1. The van der Waals surface area contributed by atoms with Gasteiger partial charge < -0.3 is 19.2 Å². The van der Waals surface area contributed by atoms with Crippen molar-refractivity contribution in [3.8, 4) is 28.6 Å². The summed E-state index contributed by atoms with van der Waals surface area (Å²) in [7, 11) is 4.46. The van der Waals surface area contributed by atoms with Gasteiger partial charge >= 0.3 is 0 Å². The Bertz CT molecular complexity index is 728. The second-order valence-electron chi connectivity index (χ2n) is 4.22. The molecule has 0 radical (unpaired) electrons. The molecule has 2 aromatic rings. The number of hydrogen-bond acceptors (Lipinski definition) is 5. The summed E-state index contributed by atoms with van der Waals surface area (Å²) < 4.78 is 29.0. The average molecular weight is 294 g/mol. The van der Waals surface area contributed by atoms with E-state index in [-0.39, 0.29) is 11.5 Å². The average Bonchev–Trinajstić information content (AvgIpc) is 2.50. The van der Waals surface area contributed by atoms with Crippen LogP contribution < -0.4 is 19.8 Å². The van der Waals surface area contributed by atoms with Crippen molar-refractivity contribution in [3.63, 3.8) is 0 Å². The highest BCUT2D eigenvalue weighted by molar-refractivity contribution is 5.69. The summed E-state index contributed by atoms with van der Waals surface area (Å²) in [5.74, 6) is 0.619. The summed E-state index contributed by atoms with van der Waals surface area (Å²) >= 11 is 0. The lowest BCUT2D eigenvalue weighted by Gasteiger charge is -2.13. The molecule has 0 aliphatic rings. The molecule has 2 rings (SSSR count). The number of aryl methyl sites for hydroxylation is 1. The maximum absolute atomic E-state index is 13.4. The number of nitrogens with zero attached hydrogens (tertiary/aromatic N) is 1. The van der Waals surface area contributed by atoms with Crippen LogP contribution in [0.5, 0.6) is 17.2 Å². The first-order valence-electron chi connectivity index (χ1n) is 6.08. The minimum Gasteiger partial charge on any atom is -0.496 e. The van der Waals surface area contributed by atoms with Gasteiger partial charge in [-0.3, -0.25) is 4.79 Å². The molecule has 0 unspecified atom stereocenters. The van der Waals surface area contributed by atoms with Crippen molar-refractivity contribution >= 4 is 0 Å². The Balaban J connectivity index is 2.70. The lowest BCUT2D eigenvalue weighted by atomic mass is 10.1. The van der Waals surface area contributed by atoms with Gasteiger partial charge in [0.05, 0.1) is 32.6 Å². The van der Waals surface area contributed by atoms with Gasteiger partial charge in [-0.25, -0.2) is 4.98 Å². The molecule has 0 amide bonds. The van der Waals surface area contributed by atoms with E-state index in [2.05, 4.69) is 9.97 Å². The van der Waals surface area contributed by atoms with Crippen LogP contribution in [0.4, 0.5) is 4.39 Å². The molecule has 1 aromatic heterocycles. The lowest BCUT2D eigenvalue weighted by molar-refractivity contribution is 0.349. The maximum Gasteiger partial charge on any atom is 0.287 e. The Morgan fingerprint density at radius 2 is 1.62 bits per heavy atom. The van der Waals surface area contributed by atoms with Gasteiger partial charge in [0.25, 0.3) is 5.56 Å². The number of H-pyrrole nitrogens is 1. The molecule has 1 aromatic carbocycles. The van der Waals surface area contributed by atoms with E-state index in [0.717, 1.165) is 0 Å². The molecule has 0 aliphatic heterocycles. The third-order valence-corrected chi connectivity index (χ3v) is 2.99. The third kappa shape index (κ3) is 2.67. The Hall–Kier alpha value is -2.57. The molecule has 7 heteroatoms. The zero-order valence-electron chi connectivity index (χ0n) is 12.1. The number of hydrogen-bond donors (Lipinski definition) is 1. The third-order valence-electron chi connectivity index (χ3n) is 2.99. The fraction of sp³-hybridized carbons (Fsp3) is 0.286. The smallest absolute Gasteiger partial charge is 0.287 e. The molecule has 6 nitrogen and oxygen atoms in total. The van der Waals surface area contributed by atoms with E-state index < -0.39 is 11.4 Å². The summed E-state index contributed by atoms with van der Waals surface area (Å²) in [5.41, 5.74) is -0.365. The van der Waals surface area contributed by atoms with Crippen LogP contribution in [0.3, 0.4) is 0 Å². The van der Waals surface area contributed by atoms with E-state index in [0.29, 0.717) is 22.8 Å². The van der Waals surface area contributed by atoms with Crippen LogP contribution in [-0.4, -0.2) is 31.3 Å². The molecule has 1 heterocycles. The second kappa shape index (κ2) is 5.82. The number of nitrogens with one attached hydrogen (secondary N) is 1. The zero-order valence-corrected chi connectivity index (χ0v) is 12.1. The number of ether oxygens (including phenoxy) is 3. The Labute approximate surface area is 120 Å². The Morgan fingerprint density at radius 1 is 1.05 bits per heavy atom. The fourth-order valence-corrected chi connectivity index (χ4v) is 1.91. The minimum atomic E-state index is -0.904. The standard InChI is InChI=1S/C14H15FN2O4/c1-7-12(15)14(18)17-13(16-7)8-5-10(20-3)11(21-4)6-9(8)19-2/h5-6H,1-4H3,(H,16,17,18). The van der Waals surface area contributed by atoms with Crippen molar-refractivity contribution in [1.29, 1.82) is 0 Å². The first kappa shape index (κ1) is 14.8. The van der Waals surface area contributed by atoms with E-state index in [1.807, 2.05) is 0 Å². The van der Waals surface area contributed by atoms with Crippen molar-refractivity contribution in [1.82, 2.24) is 9.97 Å². The van der Waals surface area contributed by atoms with Gasteiger partial charge in [0.1, 0.15) is 11.6 Å². The highest BCUT2D eigenvalue weighted by Crippen LogP contribution is 2.38. The Morgan fingerprint density at radius 3 is 2.14 bits per heavy atom. The first-order valence-corrected chi connectivity index (χ1v) is 6.08. The predicted molar refractivity (Wildman–Crippen MR) is 74.6 cm³/mol. The highest BCUT2D eigenvalue weighted by atomic mass is 19.1. The Kier molecular flexibility index (Phi) is 4.11. The fourth-order valence-electron chi connectivity index (χ4n) is 1.91. The summed E-state index contributed by atoms with van der Waals surface area (Å²) in [6.07, 6.45) is 0. The monoisotopic (exact) mass is 294 g/mol. The van der Waals surface area contributed by atoms with Gasteiger partial charge in [-0.2, -0.15) is 4.39 Å². The number of benzene rings is 1. The van der Waals surface area contributed by atoms with E-state index in [1.54, 1.807) is 12.1 Å². The predicted octanol–water partition coefficient (Wildman–Crippen LogP) is 1.91. The van der Waals surface area contributed by atoms with Crippen molar-refractivity contribution in [3.05, 3.63) is 34.0 Å². The molecule has 0 saturated heterocycles. The van der Waals surface area contributed by atoms with Gasteiger partial charge in [0, 0.05) is 6.07 Å². The van der Waals surface area contributed by atoms with Crippen LogP contribution in [0.15, 0.2) is 16.9 Å². The van der Waals surface area contributed by atoms with E-state index in [9.17, 15) is 9.18 Å². The number of halogens is 1. The molecule has 0 fully saturated rings. The minimum absolute atomic E-state index is 0.00517. The first-order chi connectivity index (χ1) is 10.0. The maximum atomic E-state index is 13.4. The van der Waals surface area contributed by atoms with E-state index in [4.69, 9.17) is 14.2 Å². The molecule has 0 bridgehead atoms. The summed E-state index contributed by atoms with van der Waals surface area (Å²) in [4.78, 5) is 18.0. The summed E-state index contributed by atoms with van der Waals surface area (Å²) in [6, 6.07) is 3.21. The highest BCUT2D eigenvalue weighted by Gasteiger charge is 2.17. The molecule has 112 valence electrons. The lowest BCUT2D eigenvalue weighted by Crippen LogP contribution is -2.15. The largest absolute Gasteiger partial charge is 0.496 e. The topological polar surface area (TPSA) is 73.4 Å². The van der Waals surface area contributed by atoms with Gasteiger partial charge in [0.2, 0.25) is 5.82 Å². The quantitative estimate of drug-likeness (QED) is 0.932. The molecule has 0 spiro atoms. The molecule has 21 heavy (non-hydrogen) atoms. The van der Waals surface area contributed by atoms with Gasteiger partial charge in [-0.15, -0.1) is 0 Å². The molecule has 0 saturated carbocycles. The van der Waals surface area contributed by atoms with Gasteiger partial charge in [-0.1, -0.05) is 0 Å². The van der Waals surface area contributed by atoms with Crippen molar-refractivity contribution < 1.29 is 18.6 Å². The summed E-state index contributed by atoms with van der Waals surface area (Å²) in [5, 5.41) is 0.